The van der Waals surface area contributed by atoms with Gasteiger partial charge in [0.2, 0.25) is 0 Å². The van der Waals surface area contributed by atoms with Gasteiger partial charge in [-0.3, -0.25) is 4.79 Å². The molecule has 2 heterocycles. The van der Waals surface area contributed by atoms with Crippen LogP contribution in [0.5, 0.6) is 0 Å². The number of aryl methyl sites for hydroxylation is 1. The molecule has 0 radical (unpaired) electrons. The zero-order chi connectivity index (χ0) is 13.5. The normalized spacial score (nSPS) is 17.2. The number of amides is 1. The minimum absolute atomic E-state index is 0.315. The van der Waals surface area contributed by atoms with E-state index in [-0.39, 0.29) is 5.91 Å². The number of hydrogen-bond acceptors (Lipinski definition) is 4. The molecule has 1 fully saturated rings. The predicted octanol–water partition coefficient (Wildman–Crippen LogP) is 0.985. The second kappa shape index (κ2) is 4.25. The molecule has 0 unspecified atom stereocenters. The maximum absolute atomic E-state index is 13.0. The monoisotopic (exact) mass is 263 g/mol. The summed E-state index contributed by atoms with van der Waals surface area (Å²) in [4.78, 5) is 16.4. The van der Waals surface area contributed by atoms with Crippen LogP contribution in [-0.2, 0) is 7.05 Å². The van der Waals surface area contributed by atoms with Gasteiger partial charge in [0, 0.05) is 13.2 Å². The predicted molar refractivity (Wildman–Crippen MR) is 66.3 cm³/mol. The van der Waals surface area contributed by atoms with Crippen molar-refractivity contribution in [2.45, 2.75) is 24.8 Å². The largest absolute Gasteiger partial charge is 0.344 e. The summed E-state index contributed by atoms with van der Waals surface area (Å²) < 4.78 is 14.5. The van der Waals surface area contributed by atoms with Crippen molar-refractivity contribution in [1.82, 2.24) is 25.3 Å². The van der Waals surface area contributed by atoms with E-state index in [0.29, 0.717) is 29.6 Å². The van der Waals surface area contributed by atoms with E-state index in [1.165, 1.54) is 10.9 Å². The van der Waals surface area contributed by atoms with Crippen molar-refractivity contribution in [2.75, 3.05) is 6.67 Å². The van der Waals surface area contributed by atoms with Gasteiger partial charge in [-0.15, -0.1) is 5.10 Å². The summed E-state index contributed by atoms with van der Waals surface area (Å²) in [6.45, 7) is -0.534. The average molecular weight is 263 g/mol. The Balaban J connectivity index is 1.93. The van der Waals surface area contributed by atoms with Crippen LogP contribution in [0, 0.1) is 0 Å². The summed E-state index contributed by atoms with van der Waals surface area (Å²) in [7, 11) is 1.71. The SMILES string of the molecule is Cn1nnc2c(C(=O)NC3(CF)CCC3)ccnc21. The number of hydrogen-bond donors (Lipinski definition) is 1. The van der Waals surface area contributed by atoms with Gasteiger partial charge in [0.25, 0.3) is 5.91 Å². The Morgan fingerprint density at radius 3 is 3.00 bits per heavy atom. The van der Waals surface area contributed by atoms with Gasteiger partial charge in [-0.2, -0.15) is 0 Å². The van der Waals surface area contributed by atoms with Gasteiger partial charge in [-0.25, -0.2) is 14.1 Å². The van der Waals surface area contributed by atoms with Crippen LogP contribution in [0.1, 0.15) is 29.6 Å². The standard InChI is InChI=1S/C12H14FN5O/c1-18-10-9(16-17-18)8(3-6-14-10)11(19)15-12(7-13)4-2-5-12/h3,6H,2,4-5,7H2,1H3,(H,15,19). The number of carbonyl (C=O) groups is 1. The van der Waals surface area contributed by atoms with E-state index in [2.05, 4.69) is 20.6 Å². The Kier molecular flexibility index (Phi) is 2.69. The summed E-state index contributed by atoms with van der Waals surface area (Å²) in [6.07, 6.45) is 3.85. The van der Waals surface area contributed by atoms with Crippen LogP contribution in [0.25, 0.3) is 11.2 Å². The molecular weight excluding hydrogens is 249 g/mol. The van der Waals surface area contributed by atoms with Crippen molar-refractivity contribution in [2.24, 2.45) is 7.05 Å². The summed E-state index contributed by atoms with van der Waals surface area (Å²) in [5.74, 6) is -0.315. The number of nitrogens with one attached hydrogen (secondary N) is 1. The van der Waals surface area contributed by atoms with E-state index in [0.717, 1.165) is 6.42 Å². The second-order valence-electron chi connectivity index (χ2n) is 4.97. The lowest BCUT2D eigenvalue weighted by Crippen LogP contribution is -2.55. The van der Waals surface area contributed by atoms with Crippen LogP contribution in [-0.4, -0.2) is 38.1 Å². The molecule has 1 saturated carbocycles. The van der Waals surface area contributed by atoms with Crippen molar-refractivity contribution in [3.8, 4) is 0 Å². The summed E-state index contributed by atoms with van der Waals surface area (Å²) >= 11 is 0. The van der Waals surface area contributed by atoms with Gasteiger partial charge in [-0.05, 0) is 25.3 Å². The molecule has 19 heavy (non-hydrogen) atoms. The van der Waals surface area contributed by atoms with E-state index < -0.39 is 12.2 Å². The summed E-state index contributed by atoms with van der Waals surface area (Å²) in [6, 6.07) is 1.58. The number of nitrogens with zero attached hydrogens (tertiary/aromatic N) is 4. The number of carbonyl (C=O) groups excluding carboxylic acids is 1. The van der Waals surface area contributed by atoms with E-state index >= 15 is 0 Å². The fourth-order valence-electron chi connectivity index (χ4n) is 2.32. The average Bonchev–Trinajstić information content (AvgIpc) is 2.76. The molecule has 0 aliphatic heterocycles. The van der Waals surface area contributed by atoms with Gasteiger partial charge < -0.3 is 5.32 Å². The molecule has 0 spiro atoms. The molecule has 0 atom stereocenters. The molecule has 1 amide bonds. The van der Waals surface area contributed by atoms with Crippen LogP contribution in [0.4, 0.5) is 4.39 Å². The van der Waals surface area contributed by atoms with E-state index in [4.69, 9.17) is 0 Å². The molecule has 0 saturated heterocycles. The van der Waals surface area contributed by atoms with E-state index in [1.54, 1.807) is 13.1 Å². The van der Waals surface area contributed by atoms with Crippen LogP contribution in [0.2, 0.25) is 0 Å². The van der Waals surface area contributed by atoms with Crippen molar-refractivity contribution in [3.05, 3.63) is 17.8 Å². The Morgan fingerprint density at radius 1 is 1.58 bits per heavy atom. The van der Waals surface area contributed by atoms with E-state index in [1.807, 2.05) is 0 Å². The molecule has 1 aliphatic rings. The summed E-state index contributed by atoms with van der Waals surface area (Å²) in [5, 5.41) is 10.6. The first-order valence-corrected chi connectivity index (χ1v) is 6.18. The zero-order valence-electron chi connectivity index (χ0n) is 10.6. The molecule has 7 heteroatoms. The highest BCUT2D eigenvalue weighted by Gasteiger charge is 2.39. The van der Waals surface area contributed by atoms with Crippen molar-refractivity contribution >= 4 is 17.1 Å². The molecule has 1 N–H and O–H groups in total. The first kappa shape index (κ1) is 12.0. The van der Waals surface area contributed by atoms with Gasteiger partial charge >= 0.3 is 0 Å². The number of aromatic nitrogens is 4. The lowest BCUT2D eigenvalue weighted by Gasteiger charge is -2.40. The second-order valence-corrected chi connectivity index (χ2v) is 4.97. The molecule has 1 aliphatic carbocycles. The first-order chi connectivity index (χ1) is 9.15. The number of rotatable bonds is 3. The Morgan fingerprint density at radius 2 is 2.37 bits per heavy atom. The minimum Gasteiger partial charge on any atom is -0.344 e. The minimum atomic E-state index is -0.686. The Hall–Kier alpha value is -2.05. The number of halogens is 1. The highest BCUT2D eigenvalue weighted by molar-refractivity contribution is 6.04. The van der Waals surface area contributed by atoms with Gasteiger partial charge in [0.1, 0.15) is 12.2 Å². The summed E-state index contributed by atoms with van der Waals surface area (Å²) in [5.41, 5.74) is 0.679. The maximum atomic E-state index is 13.0. The van der Waals surface area contributed by atoms with Crippen molar-refractivity contribution in [3.63, 3.8) is 0 Å². The molecule has 100 valence electrons. The Bertz CT molecular complexity index is 629. The Labute approximate surface area is 109 Å². The topological polar surface area (TPSA) is 72.7 Å². The maximum Gasteiger partial charge on any atom is 0.254 e. The van der Waals surface area contributed by atoms with Crippen LogP contribution in [0.15, 0.2) is 12.3 Å². The number of pyridine rings is 1. The highest BCUT2D eigenvalue weighted by atomic mass is 19.1. The molecule has 2 aromatic heterocycles. The van der Waals surface area contributed by atoms with Gasteiger partial charge in [0.15, 0.2) is 5.65 Å². The van der Waals surface area contributed by atoms with E-state index in [9.17, 15) is 9.18 Å². The molecule has 3 rings (SSSR count). The lowest BCUT2D eigenvalue weighted by atomic mass is 9.77. The van der Waals surface area contributed by atoms with Crippen LogP contribution in [0.3, 0.4) is 0 Å². The third-order valence-electron chi connectivity index (χ3n) is 3.68. The highest BCUT2D eigenvalue weighted by Crippen LogP contribution is 2.32. The third kappa shape index (κ3) is 1.85. The third-order valence-corrected chi connectivity index (χ3v) is 3.68. The molecule has 0 aromatic carbocycles. The van der Waals surface area contributed by atoms with Gasteiger partial charge in [0.05, 0.1) is 11.1 Å². The smallest absolute Gasteiger partial charge is 0.254 e. The fourth-order valence-corrected chi connectivity index (χ4v) is 2.32. The molecule has 6 nitrogen and oxygen atoms in total. The van der Waals surface area contributed by atoms with Crippen LogP contribution >= 0.6 is 0 Å². The zero-order valence-corrected chi connectivity index (χ0v) is 10.6. The molecular formula is C12H14FN5O. The van der Waals surface area contributed by atoms with Crippen LogP contribution < -0.4 is 5.32 Å². The molecule has 0 bridgehead atoms. The van der Waals surface area contributed by atoms with Crippen molar-refractivity contribution < 1.29 is 9.18 Å². The number of alkyl halides is 1. The van der Waals surface area contributed by atoms with Gasteiger partial charge in [-0.1, -0.05) is 5.21 Å². The lowest BCUT2D eigenvalue weighted by molar-refractivity contribution is 0.0775. The molecule has 2 aromatic rings. The fraction of sp³-hybridized carbons (Fsp3) is 0.500. The van der Waals surface area contributed by atoms with Crippen molar-refractivity contribution in [1.29, 1.82) is 0 Å². The quantitative estimate of drug-likeness (QED) is 0.896. The number of fused-ring (bicyclic) bond motifs is 1. The first-order valence-electron chi connectivity index (χ1n) is 6.18.